The average Bonchev–Trinajstić information content (AvgIpc) is 3.26. The molecule has 0 aliphatic carbocycles. The zero-order valence-electron chi connectivity index (χ0n) is 16.7. The van der Waals surface area contributed by atoms with Gasteiger partial charge in [0.15, 0.2) is 0 Å². The lowest BCUT2D eigenvalue weighted by Gasteiger charge is -2.21. The molecule has 28 heavy (non-hydrogen) atoms. The Morgan fingerprint density at radius 1 is 1.29 bits per heavy atom. The van der Waals surface area contributed by atoms with Gasteiger partial charge in [0.1, 0.15) is 5.69 Å². The summed E-state index contributed by atoms with van der Waals surface area (Å²) < 4.78 is 1.81. The number of aromatic nitrogens is 4. The third-order valence-electron chi connectivity index (χ3n) is 4.81. The molecule has 7 nitrogen and oxygen atoms in total. The highest BCUT2D eigenvalue weighted by Crippen LogP contribution is 2.25. The number of hydrogen-bond donors (Lipinski definition) is 1. The molecule has 1 amide bonds. The maximum atomic E-state index is 13.1. The summed E-state index contributed by atoms with van der Waals surface area (Å²) in [6.45, 7) is 7.09. The maximum Gasteiger partial charge on any atom is 0.272 e. The van der Waals surface area contributed by atoms with Gasteiger partial charge in [0.2, 0.25) is 0 Å². The zero-order chi connectivity index (χ0) is 20.3. The van der Waals surface area contributed by atoms with Gasteiger partial charge in [0, 0.05) is 31.4 Å². The Morgan fingerprint density at radius 2 is 2.00 bits per heavy atom. The van der Waals surface area contributed by atoms with Crippen LogP contribution in [0.2, 0.25) is 0 Å². The van der Waals surface area contributed by atoms with E-state index in [4.69, 9.17) is 5.26 Å². The minimum absolute atomic E-state index is 0.0934. The van der Waals surface area contributed by atoms with Gasteiger partial charge >= 0.3 is 0 Å². The molecule has 0 unspecified atom stereocenters. The fraction of sp³-hybridized carbons (Fsp3) is 0.333. The van der Waals surface area contributed by atoms with E-state index in [9.17, 15) is 4.79 Å². The quantitative estimate of drug-likeness (QED) is 0.714. The molecule has 144 valence electrons. The second-order valence-electron chi connectivity index (χ2n) is 6.87. The highest BCUT2D eigenvalue weighted by atomic mass is 16.2. The number of aromatic amines is 1. The molecule has 2 heterocycles. The molecule has 3 rings (SSSR count). The van der Waals surface area contributed by atoms with E-state index >= 15 is 0 Å². The Morgan fingerprint density at radius 3 is 2.57 bits per heavy atom. The molecule has 3 aromatic rings. The number of H-pyrrole nitrogens is 1. The highest BCUT2D eigenvalue weighted by molar-refractivity contribution is 5.93. The summed E-state index contributed by atoms with van der Waals surface area (Å²) >= 11 is 0. The molecular weight excluding hydrogens is 352 g/mol. The van der Waals surface area contributed by atoms with Gasteiger partial charge in [-0.2, -0.15) is 15.5 Å². The Hall–Kier alpha value is -3.40. The van der Waals surface area contributed by atoms with Crippen LogP contribution in [0.1, 0.15) is 46.3 Å². The molecule has 0 atom stereocenters. The van der Waals surface area contributed by atoms with E-state index in [1.807, 2.05) is 44.6 Å². The van der Waals surface area contributed by atoms with Gasteiger partial charge in [-0.25, -0.2) is 0 Å². The second-order valence-corrected chi connectivity index (χ2v) is 6.87. The standard InChI is InChI=1S/C21H24N6O/c1-5-10-27(13-17-8-6-16(12-22)7-9-17)21(28)19-11-18(23-24-19)20-14(2)25-26(4)15(20)3/h6-9,11H,5,10,13H2,1-4H3,(H,23,24). The molecule has 0 aliphatic rings. The molecule has 1 N–H and O–H groups in total. The molecule has 0 spiro atoms. The number of carbonyl (C=O) groups is 1. The Balaban J connectivity index is 1.83. The van der Waals surface area contributed by atoms with Gasteiger partial charge in [-0.3, -0.25) is 14.6 Å². The van der Waals surface area contributed by atoms with Gasteiger partial charge in [0.05, 0.1) is 23.0 Å². The first-order valence-corrected chi connectivity index (χ1v) is 9.28. The van der Waals surface area contributed by atoms with Gasteiger partial charge in [-0.15, -0.1) is 0 Å². The van der Waals surface area contributed by atoms with Crippen molar-refractivity contribution in [2.24, 2.45) is 7.05 Å². The van der Waals surface area contributed by atoms with Gasteiger partial charge in [-0.1, -0.05) is 19.1 Å². The predicted molar refractivity (Wildman–Crippen MR) is 106 cm³/mol. The van der Waals surface area contributed by atoms with Crippen LogP contribution in [0.25, 0.3) is 11.3 Å². The van der Waals surface area contributed by atoms with E-state index in [1.165, 1.54) is 0 Å². The van der Waals surface area contributed by atoms with Gasteiger partial charge in [0.25, 0.3) is 5.91 Å². The first-order chi connectivity index (χ1) is 13.4. The molecule has 0 saturated heterocycles. The lowest BCUT2D eigenvalue weighted by atomic mass is 10.1. The lowest BCUT2D eigenvalue weighted by Crippen LogP contribution is -2.31. The fourth-order valence-electron chi connectivity index (χ4n) is 3.30. The van der Waals surface area contributed by atoms with E-state index in [0.29, 0.717) is 24.3 Å². The average molecular weight is 376 g/mol. The third kappa shape index (κ3) is 3.81. The van der Waals surface area contributed by atoms with E-state index in [-0.39, 0.29) is 5.91 Å². The smallest absolute Gasteiger partial charge is 0.272 e. The summed E-state index contributed by atoms with van der Waals surface area (Å²) in [5.41, 5.74) is 5.62. The number of carbonyl (C=O) groups excluding carboxylic acids is 1. The van der Waals surface area contributed by atoms with Crippen molar-refractivity contribution in [1.82, 2.24) is 24.9 Å². The Labute approximate surface area is 164 Å². The second kappa shape index (κ2) is 8.09. The number of nitriles is 1. The van der Waals surface area contributed by atoms with Gasteiger partial charge < -0.3 is 4.90 Å². The normalized spacial score (nSPS) is 10.7. The van der Waals surface area contributed by atoms with Crippen molar-refractivity contribution < 1.29 is 4.79 Å². The number of benzene rings is 1. The van der Waals surface area contributed by atoms with Crippen LogP contribution < -0.4 is 0 Å². The van der Waals surface area contributed by atoms with Crippen LogP contribution >= 0.6 is 0 Å². The summed E-state index contributed by atoms with van der Waals surface area (Å²) in [7, 11) is 1.89. The first-order valence-electron chi connectivity index (χ1n) is 9.28. The molecule has 0 saturated carbocycles. The fourth-order valence-corrected chi connectivity index (χ4v) is 3.30. The van der Waals surface area contributed by atoms with Gasteiger partial charge in [-0.05, 0) is 44.0 Å². The lowest BCUT2D eigenvalue weighted by molar-refractivity contribution is 0.0737. The SMILES string of the molecule is CCCN(Cc1ccc(C#N)cc1)C(=O)c1cc(-c2c(C)nn(C)c2C)n[nH]1. The van der Waals surface area contributed by atoms with Crippen molar-refractivity contribution >= 4 is 5.91 Å². The number of nitrogens with one attached hydrogen (secondary N) is 1. The monoisotopic (exact) mass is 376 g/mol. The maximum absolute atomic E-state index is 13.1. The molecule has 2 aromatic heterocycles. The predicted octanol–water partition coefficient (Wildman–Crippen LogP) is 3.35. The van der Waals surface area contributed by atoms with Crippen molar-refractivity contribution in [2.45, 2.75) is 33.7 Å². The summed E-state index contributed by atoms with van der Waals surface area (Å²) in [6.07, 6.45) is 0.851. The van der Waals surface area contributed by atoms with Crippen molar-refractivity contribution in [2.75, 3.05) is 6.54 Å². The molecule has 0 aliphatic heterocycles. The number of hydrogen-bond acceptors (Lipinski definition) is 4. The largest absolute Gasteiger partial charge is 0.333 e. The van der Waals surface area contributed by atoms with Crippen LogP contribution in [-0.4, -0.2) is 37.3 Å². The minimum Gasteiger partial charge on any atom is -0.333 e. The summed E-state index contributed by atoms with van der Waals surface area (Å²) in [4.78, 5) is 14.9. The molecular formula is C21H24N6O. The molecule has 7 heteroatoms. The van der Waals surface area contributed by atoms with Crippen LogP contribution in [0.3, 0.4) is 0 Å². The van der Waals surface area contributed by atoms with Crippen molar-refractivity contribution in [1.29, 1.82) is 5.26 Å². The minimum atomic E-state index is -0.0934. The number of nitrogens with zero attached hydrogens (tertiary/aromatic N) is 5. The van der Waals surface area contributed by atoms with E-state index in [1.54, 1.807) is 23.1 Å². The van der Waals surface area contributed by atoms with Crippen molar-refractivity contribution in [3.05, 3.63) is 58.5 Å². The third-order valence-corrected chi connectivity index (χ3v) is 4.81. The summed E-state index contributed by atoms with van der Waals surface area (Å²) in [5, 5.41) is 20.6. The molecule has 0 bridgehead atoms. The Bertz CT molecular complexity index is 1020. The van der Waals surface area contributed by atoms with Crippen molar-refractivity contribution in [3.63, 3.8) is 0 Å². The number of rotatable bonds is 6. The van der Waals surface area contributed by atoms with E-state index in [2.05, 4.69) is 21.4 Å². The van der Waals surface area contributed by atoms with Crippen LogP contribution in [0, 0.1) is 25.2 Å². The Kier molecular flexibility index (Phi) is 5.59. The molecule has 0 fully saturated rings. The van der Waals surface area contributed by atoms with Crippen LogP contribution in [-0.2, 0) is 13.6 Å². The number of amides is 1. The first kappa shape index (κ1) is 19.4. The van der Waals surface area contributed by atoms with E-state index in [0.717, 1.165) is 34.6 Å². The van der Waals surface area contributed by atoms with Crippen LogP contribution in [0.4, 0.5) is 0 Å². The summed E-state index contributed by atoms with van der Waals surface area (Å²) in [6, 6.07) is 11.2. The molecule has 1 aromatic carbocycles. The van der Waals surface area contributed by atoms with Crippen LogP contribution in [0.5, 0.6) is 0 Å². The van der Waals surface area contributed by atoms with Crippen molar-refractivity contribution in [3.8, 4) is 17.3 Å². The highest BCUT2D eigenvalue weighted by Gasteiger charge is 2.21. The topological polar surface area (TPSA) is 90.6 Å². The molecule has 0 radical (unpaired) electrons. The zero-order valence-corrected chi connectivity index (χ0v) is 16.7. The van der Waals surface area contributed by atoms with Crippen LogP contribution in [0.15, 0.2) is 30.3 Å². The number of aryl methyl sites for hydroxylation is 2. The van der Waals surface area contributed by atoms with E-state index < -0.39 is 0 Å². The summed E-state index contributed by atoms with van der Waals surface area (Å²) in [5.74, 6) is -0.0934.